The molecule has 3 nitrogen and oxygen atoms in total. The lowest BCUT2D eigenvalue weighted by Crippen LogP contribution is -2.27. The summed E-state index contributed by atoms with van der Waals surface area (Å²) >= 11 is 9.69. The van der Waals surface area contributed by atoms with Crippen molar-refractivity contribution in [2.45, 2.75) is 57.7 Å². The molecule has 0 saturated heterocycles. The van der Waals surface area contributed by atoms with Gasteiger partial charge in [-0.05, 0) is 58.6 Å². The average molecular weight is 471 g/mol. The highest BCUT2D eigenvalue weighted by Gasteiger charge is 2.15. The van der Waals surface area contributed by atoms with Crippen LogP contribution in [0.1, 0.15) is 49.7 Å². The van der Waals surface area contributed by atoms with E-state index in [0.717, 1.165) is 22.1 Å². The van der Waals surface area contributed by atoms with Crippen LogP contribution in [0.5, 0.6) is 11.5 Å². The third-order valence-electron chi connectivity index (χ3n) is 5.13. The van der Waals surface area contributed by atoms with Crippen LogP contribution in [0, 0.1) is 5.82 Å². The molecule has 0 aliphatic heterocycles. The summed E-state index contributed by atoms with van der Waals surface area (Å²) in [6.45, 7) is 1.03. The number of halogens is 3. The highest BCUT2D eigenvalue weighted by atomic mass is 79.9. The van der Waals surface area contributed by atoms with Crippen molar-refractivity contribution in [2.75, 3.05) is 7.11 Å². The van der Waals surface area contributed by atoms with Gasteiger partial charge in [0.15, 0.2) is 11.5 Å². The van der Waals surface area contributed by atoms with Gasteiger partial charge in [0, 0.05) is 18.2 Å². The molecule has 0 bridgehead atoms. The Balaban J connectivity index is 1.66. The standard InChI is InChI=1S/C22H26BrClFNO2/c1-27-21-11-15(13-26-18-6-4-2-3-5-7-18)10-19(23)22(21)28-14-16-8-9-17(25)12-20(16)24/h8-12,18,26H,2-7,13-14H2,1H3. The van der Waals surface area contributed by atoms with Crippen molar-refractivity contribution < 1.29 is 13.9 Å². The second-order valence-corrected chi connectivity index (χ2v) is 8.46. The lowest BCUT2D eigenvalue weighted by Gasteiger charge is -2.18. The number of hydrogen-bond donors (Lipinski definition) is 1. The van der Waals surface area contributed by atoms with Gasteiger partial charge in [-0.1, -0.05) is 43.4 Å². The van der Waals surface area contributed by atoms with Crippen LogP contribution in [-0.2, 0) is 13.2 Å². The van der Waals surface area contributed by atoms with Crippen molar-refractivity contribution in [2.24, 2.45) is 0 Å². The molecule has 2 aromatic rings. The molecule has 28 heavy (non-hydrogen) atoms. The fourth-order valence-corrected chi connectivity index (χ4v) is 4.38. The Morgan fingerprint density at radius 3 is 2.57 bits per heavy atom. The van der Waals surface area contributed by atoms with Gasteiger partial charge < -0.3 is 14.8 Å². The Kier molecular flexibility index (Phi) is 8.00. The van der Waals surface area contributed by atoms with Gasteiger partial charge in [-0.25, -0.2) is 4.39 Å². The third kappa shape index (κ3) is 5.85. The molecule has 6 heteroatoms. The normalized spacial score (nSPS) is 15.3. The minimum Gasteiger partial charge on any atom is -0.493 e. The van der Waals surface area contributed by atoms with Crippen LogP contribution in [0.2, 0.25) is 5.02 Å². The minimum atomic E-state index is -0.363. The average Bonchev–Trinajstić information content (AvgIpc) is 2.95. The third-order valence-corrected chi connectivity index (χ3v) is 6.07. The van der Waals surface area contributed by atoms with Crippen LogP contribution in [0.15, 0.2) is 34.8 Å². The lowest BCUT2D eigenvalue weighted by atomic mass is 10.1. The van der Waals surface area contributed by atoms with Gasteiger partial charge in [0.25, 0.3) is 0 Å². The van der Waals surface area contributed by atoms with E-state index in [1.54, 1.807) is 13.2 Å². The highest BCUT2D eigenvalue weighted by molar-refractivity contribution is 9.10. The summed E-state index contributed by atoms with van der Waals surface area (Å²) in [7, 11) is 1.63. The van der Waals surface area contributed by atoms with E-state index in [2.05, 4.69) is 21.2 Å². The molecule has 0 atom stereocenters. The van der Waals surface area contributed by atoms with Crippen molar-refractivity contribution in [1.29, 1.82) is 0 Å². The molecule has 0 spiro atoms. The monoisotopic (exact) mass is 469 g/mol. The van der Waals surface area contributed by atoms with Gasteiger partial charge in [-0.2, -0.15) is 0 Å². The smallest absolute Gasteiger partial charge is 0.175 e. The molecule has 3 rings (SSSR count). The maximum absolute atomic E-state index is 13.2. The molecule has 1 saturated carbocycles. The summed E-state index contributed by atoms with van der Waals surface area (Å²) < 4.78 is 25.5. The summed E-state index contributed by atoms with van der Waals surface area (Å²) in [5.41, 5.74) is 1.86. The first kappa shape index (κ1) is 21.4. The first-order chi connectivity index (χ1) is 13.6. The molecule has 1 aliphatic carbocycles. The highest BCUT2D eigenvalue weighted by Crippen LogP contribution is 2.37. The quantitative estimate of drug-likeness (QED) is 0.460. The molecule has 0 heterocycles. The van der Waals surface area contributed by atoms with Gasteiger partial charge in [0.2, 0.25) is 0 Å². The Hall–Kier alpha value is -1.30. The maximum Gasteiger partial charge on any atom is 0.175 e. The van der Waals surface area contributed by atoms with E-state index in [-0.39, 0.29) is 12.4 Å². The van der Waals surface area contributed by atoms with Crippen LogP contribution in [0.3, 0.4) is 0 Å². The van der Waals surface area contributed by atoms with E-state index in [0.29, 0.717) is 22.6 Å². The zero-order chi connectivity index (χ0) is 19.9. The van der Waals surface area contributed by atoms with Gasteiger partial charge in [0.05, 0.1) is 16.6 Å². The molecule has 152 valence electrons. The Morgan fingerprint density at radius 1 is 1.14 bits per heavy atom. The van der Waals surface area contributed by atoms with E-state index >= 15 is 0 Å². The van der Waals surface area contributed by atoms with Crippen LogP contribution in [-0.4, -0.2) is 13.2 Å². The van der Waals surface area contributed by atoms with Crippen LogP contribution in [0.25, 0.3) is 0 Å². The molecule has 1 fully saturated rings. The van der Waals surface area contributed by atoms with Crippen LogP contribution < -0.4 is 14.8 Å². The van der Waals surface area contributed by atoms with Crippen molar-refractivity contribution >= 4 is 27.5 Å². The molecule has 0 unspecified atom stereocenters. The second-order valence-electron chi connectivity index (χ2n) is 7.20. The van der Waals surface area contributed by atoms with Crippen molar-refractivity contribution in [1.82, 2.24) is 5.32 Å². The fourth-order valence-electron chi connectivity index (χ4n) is 3.55. The minimum absolute atomic E-state index is 0.230. The molecule has 0 aromatic heterocycles. The molecular formula is C22H26BrClFNO2. The topological polar surface area (TPSA) is 30.5 Å². The molecule has 1 N–H and O–H groups in total. The number of nitrogens with one attached hydrogen (secondary N) is 1. The Morgan fingerprint density at radius 2 is 1.89 bits per heavy atom. The van der Waals surface area contributed by atoms with Crippen LogP contribution >= 0.6 is 27.5 Å². The number of benzene rings is 2. The van der Waals surface area contributed by atoms with Gasteiger partial charge in [-0.15, -0.1) is 0 Å². The first-order valence-corrected chi connectivity index (χ1v) is 10.9. The number of ether oxygens (including phenoxy) is 2. The zero-order valence-electron chi connectivity index (χ0n) is 16.1. The van der Waals surface area contributed by atoms with E-state index < -0.39 is 0 Å². The summed E-state index contributed by atoms with van der Waals surface area (Å²) in [5.74, 6) is 0.907. The zero-order valence-corrected chi connectivity index (χ0v) is 18.4. The number of rotatable bonds is 7. The molecular weight excluding hydrogens is 445 g/mol. The van der Waals surface area contributed by atoms with Crippen molar-refractivity contribution in [3.8, 4) is 11.5 Å². The predicted molar refractivity (Wildman–Crippen MR) is 115 cm³/mol. The Bertz CT molecular complexity index is 794. The van der Waals surface area contributed by atoms with Crippen molar-refractivity contribution in [3.63, 3.8) is 0 Å². The van der Waals surface area contributed by atoms with Gasteiger partial charge >= 0.3 is 0 Å². The summed E-state index contributed by atoms with van der Waals surface area (Å²) in [4.78, 5) is 0. The van der Waals surface area contributed by atoms with E-state index in [4.69, 9.17) is 21.1 Å². The summed E-state index contributed by atoms with van der Waals surface area (Å²) in [6.07, 6.45) is 7.81. The lowest BCUT2D eigenvalue weighted by molar-refractivity contribution is 0.282. The van der Waals surface area contributed by atoms with E-state index in [1.165, 1.54) is 50.7 Å². The Labute approximate surface area is 179 Å². The van der Waals surface area contributed by atoms with Crippen LogP contribution in [0.4, 0.5) is 4.39 Å². The molecule has 2 aromatic carbocycles. The summed E-state index contributed by atoms with van der Waals surface area (Å²) in [5, 5.41) is 4.02. The predicted octanol–water partition coefficient (Wildman–Crippen LogP) is 6.64. The summed E-state index contributed by atoms with van der Waals surface area (Å²) in [6, 6.07) is 8.92. The molecule has 0 amide bonds. The second kappa shape index (κ2) is 10.5. The number of methoxy groups -OCH3 is 1. The van der Waals surface area contributed by atoms with E-state index in [9.17, 15) is 4.39 Å². The maximum atomic E-state index is 13.2. The van der Waals surface area contributed by atoms with Gasteiger partial charge in [0.1, 0.15) is 12.4 Å². The van der Waals surface area contributed by atoms with Crippen molar-refractivity contribution in [3.05, 3.63) is 56.8 Å². The van der Waals surface area contributed by atoms with Gasteiger partial charge in [-0.3, -0.25) is 0 Å². The van der Waals surface area contributed by atoms with E-state index in [1.807, 2.05) is 12.1 Å². The largest absolute Gasteiger partial charge is 0.493 e. The fraction of sp³-hybridized carbons (Fsp3) is 0.455. The first-order valence-electron chi connectivity index (χ1n) is 9.73. The SMILES string of the molecule is COc1cc(CNC2CCCCCC2)cc(Br)c1OCc1ccc(F)cc1Cl. The molecule has 1 aliphatic rings. The number of hydrogen-bond acceptors (Lipinski definition) is 3. The molecule has 0 radical (unpaired) electrons.